The Hall–Kier alpha value is -1.91. The van der Waals surface area contributed by atoms with Crippen LogP contribution >= 0.6 is 0 Å². The van der Waals surface area contributed by atoms with Gasteiger partial charge in [-0.05, 0) is 24.6 Å². The third-order valence-electron chi connectivity index (χ3n) is 3.21. The van der Waals surface area contributed by atoms with E-state index in [-0.39, 0.29) is 24.5 Å². The number of benzene rings is 1. The zero-order valence-electron chi connectivity index (χ0n) is 11.2. The van der Waals surface area contributed by atoms with Crippen LogP contribution in [0.5, 0.6) is 0 Å². The Morgan fingerprint density at radius 1 is 1.47 bits per heavy atom. The number of anilines is 1. The molecule has 0 unspecified atom stereocenters. The molecule has 2 rings (SSSR count). The van der Waals surface area contributed by atoms with Crippen molar-refractivity contribution in [3.05, 3.63) is 29.1 Å². The van der Waals surface area contributed by atoms with Crippen LogP contribution in [0.1, 0.15) is 43.1 Å². The second kappa shape index (κ2) is 4.64. The third-order valence-corrected chi connectivity index (χ3v) is 3.21. The number of carbonyl (C=O) groups excluding carboxylic acids is 2. The molecular formula is C14H16FNO3. The first-order chi connectivity index (χ1) is 8.85. The van der Waals surface area contributed by atoms with Crippen molar-refractivity contribution in [3.8, 4) is 0 Å². The highest BCUT2D eigenvalue weighted by Crippen LogP contribution is 2.38. The average molecular weight is 265 g/mol. The molecule has 0 radical (unpaired) electrons. The topological polar surface area (TPSA) is 55.4 Å². The fourth-order valence-corrected chi connectivity index (χ4v) is 2.29. The van der Waals surface area contributed by atoms with Gasteiger partial charge in [-0.1, -0.05) is 13.8 Å². The first-order valence-corrected chi connectivity index (χ1v) is 6.16. The Kier molecular flexibility index (Phi) is 3.30. The van der Waals surface area contributed by atoms with Gasteiger partial charge in [-0.2, -0.15) is 0 Å². The van der Waals surface area contributed by atoms with Crippen LogP contribution in [0.25, 0.3) is 0 Å². The summed E-state index contributed by atoms with van der Waals surface area (Å²) < 4.78 is 18.8. The van der Waals surface area contributed by atoms with Crippen molar-refractivity contribution < 1.29 is 18.7 Å². The molecule has 0 fully saturated rings. The summed E-state index contributed by atoms with van der Waals surface area (Å²) in [5, 5.41) is 2.67. The lowest BCUT2D eigenvalue weighted by molar-refractivity contribution is -0.117. The Balaban J connectivity index is 2.51. The molecule has 0 bridgehead atoms. The number of amides is 1. The van der Waals surface area contributed by atoms with E-state index in [1.807, 2.05) is 13.8 Å². The Morgan fingerprint density at radius 2 is 2.16 bits per heavy atom. The van der Waals surface area contributed by atoms with E-state index >= 15 is 0 Å². The summed E-state index contributed by atoms with van der Waals surface area (Å²) in [6, 6.07) is 2.66. The molecule has 1 heterocycles. The van der Waals surface area contributed by atoms with Gasteiger partial charge in [0.25, 0.3) is 0 Å². The van der Waals surface area contributed by atoms with Crippen molar-refractivity contribution in [2.24, 2.45) is 0 Å². The zero-order valence-corrected chi connectivity index (χ0v) is 11.2. The van der Waals surface area contributed by atoms with Gasteiger partial charge >= 0.3 is 5.97 Å². The summed E-state index contributed by atoms with van der Waals surface area (Å²) in [7, 11) is 0. The largest absolute Gasteiger partial charge is 0.462 e. The normalized spacial score (nSPS) is 16.5. The summed E-state index contributed by atoms with van der Waals surface area (Å²) in [6.45, 7) is 5.56. The van der Waals surface area contributed by atoms with E-state index in [1.165, 1.54) is 12.1 Å². The van der Waals surface area contributed by atoms with Gasteiger partial charge in [-0.25, -0.2) is 9.18 Å². The molecule has 1 N–H and O–H groups in total. The van der Waals surface area contributed by atoms with Gasteiger partial charge < -0.3 is 10.1 Å². The van der Waals surface area contributed by atoms with Crippen molar-refractivity contribution >= 4 is 17.6 Å². The van der Waals surface area contributed by atoms with Gasteiger partial charge in [0.05, 0.1) is 12.2 Å². The quantitative estimate of drug-likeness (QED) is 0.836. The minimum atomic E-state index is -0.722. The van der Waals surface area contributed by atoms with E-state index in [0.717, 1.165) is 0 Å². The van der Waals surface area contributed by atoms with Crippen LogP contribution in [0.2, 0.25) is 0 Å². The van der Waals surface area contributed by atoms with Crippen LogP contribution in [0.3, 0.4) is 0 Å². The molecular weight excluding hydrogens is 249 g/mol. The monoisotopic (exact) mass is 265 g/mol. The molecule has 1 aliphatic rings. The number of ether oxygens (including phenoxy) is 1. The molecule has 19 heavy (non-hydrogen) atoms. The van der Waals surface area contributed by atoms with Gasteiger partial charge in [-0.15, -0.1) is 0 Å². The van der Waals surface area contributed by atoms with Gasteiger partial charge in [-0.3, -0.25) is 4.79 Å². The number of esters is 1. The highest BCUT2D eigenvalue weighted by atomic mass is 19.1. The second-order valence-electron chi connectivity index (χ2n) is 5.21. The van der Waals surface area contributed by atoms with E-state index in [1.54, 1.807) is 6.92 Å². The van der Waals surface area contributed by atoms with Crippen molar-refractivity contribution in [1.82, 2.24) is 0 Å². The van der Waals surface area contributed by atoms with Gasteiger partial charge in [0.15, 0.2) is 0 Å². The third kappa shape index (κ3) is 2.45. The number of hydrogen-bond donors (Lipinski definition) is 1. The number of rotatable bonds is 2. The van der Waals surface area contributed by atoms with E-state index in [9.17, 15) is 14.0 Å². The molecule has 0 aromatic heterocycles. The lowest BCUT2D eigenvalue weighted by atomic mass is 9.77. The molecule has 1 aliphatic heterocycles. The fourth-order valence-electron chi connectivity index (χ4n) is 2.29. The average Bonchev–Trinajstić information content (AvgIpc) is 2.29. The lowest BCUT2D eigenvalue weighted by Gasteiger charge is -2.32. The Labute approximate surface area is 110 Å². The predicted octanol–water partition coefficient (Wildman–Crippen LogP) is 2.62. The van der Waals surface area contributed by atoms with Crippen molar-refractivity contribution in [2.75, 3.05) is 11.9 Å². The van der Waals surface area contributed by atoms with Crippen LogP contribution in [-0.4, -0.2) is 18.5 Å². The van der Waals surface area contributed by atoms with Crippen LogP contribution in [0, 0.1) is 5.82 Å². The van der Waals surface area contributed by atoms with E-state index in [0.29, 0.717) is 11.3 Å². The second-order valence-corrected chi connectivity index (χ2v) is 5.21. The number of carbonyl (C=O) groups is 2. The van der Waals surface area contributed by atoms with Crippen LogP contribution < -0.4 is 5.32 Å². The summed E-state index contributed by atoms with van der Waals surface area (Å²) in [4.78, 5) is 23.2. The smallest absolute Gasteiger partial charge is 0.341 e. The SMILES string of the molecule is CCOC(=O)c1cc2c(cc1F)C(C)(C)CC(=O)N2. The molecule has 5 heteroatoms. The Morgan fingerprint density at radius 3 is 2.79 bits per heavy atom. The maximum atomic E-state index is 14.0. The summed E-state index contributed by atoms with van der Waals surface area (Å²) in [5.74, 6) is -1.49. The van der Waals surface area contributed by atoms with Crippen molar-refractivity contribution in [1.29, 1.82) is 0 Å². The molecule has 1 amide bonds. The van der Waals surface area contributed by atoms with Crippen LogP contribution in [-0.2, 0) is 14.9 Å². The summed E-state index contributed by atoms with van der Waals surface area (Å²) in [5.41, 5.74) is 0.563. The summed E-state index contributed by atoms with van der Waals surface area (Å²) in [6.07, 6.45) is 0.290. The van der Waals surface area contributed by atoms with Crippen LogP contribution in [0.15, 0.2) is 12.1 Å². The maximum Gasteiger partial charge on any atom is 0.341 e. The van der Waals surface area contributed by atoms with E-state index in [2.05, 4.69) is 5.32 Å². The zero-order chi connectivity index (χ0) is 14.2. The van der Waals surface area contributed by atoms with Gasteiger partial charge in [0.1, 0.15) is 5.82 Å². The molecule has 102 valence electrons. The molecule has 1 aromatic rings. The summed E-state index contributed by atoms with van der Waals surface area (Å²) >= 11 is 0. The van der Waals surface area contributed by atoms with Crippen molar-refractivity contribution in [3.63, 3.8) is 0 Å². The van der Waals surface area contributed by atoms with E-state index < -0.39 is 17.2 Å². The molecule has 0 saturated heterocycles. The molecule has 0 saturated carbocycles. The highest BCUT2D eigenvalue weighted by Gasteiger charge is 2.33. The number of fused-ring (bicyclic) bond motifs is 1. The first-order valence-electron chi connectivity index (χ1n) is 6.16. The predicted molar refractivity (Wildman–Crippen MR) is 68.6 cm³/mol. The number of hydrogen-bond acceptors (Lipinski definition) is 3. The number of halogens is 1. The molecule has 0 atom stereocenters. The first kappa shape index (κ1) is 13.5. The lowest BCUT2D eigenvalue weighted by Crippen LogP contribution is -2.33. The number of nitrogens with one attached hydrogen (secondary N) is 1. The maximum absolute atomic E-state index is 14.0. The molecule has 0 aliphatic carbocycles. The minimum Gasteiger partial charge on any atom is -0.462 e. The van der Waals surface area contributed by atoms with Gasteiger partial charge in [0.2, 0.25) is 5.91 Å². The molecule has 0 spiro atoms. The minimum absolute atomic E-state index is 0.140. The Bertz CT molecular complexity index is 552. The highest BCUT2D eigenvalue weighted by molar-refractivity contribution is 5.98. The molecule has 4 nitrogen and oxygen atoms in total. The fraction of sp³-hybridized carbons (Fsp3) is 0.429. The standard InChI is InChI=1S/C14H16FNO3/c1-4-19-13(18)8-5-11-9(6-10(8)15)14(2,3)7-12(17)16-11/h5-6H,4,7H2,1-3H3,(H,16,17). The molecule has 1 aromatic carbocycles. The van der Waals surface area contributed by atoms with E-state index in [4.69, 9.17) is 4.74 Å². The van der Waals surface area contributed by atoms with Gasteiger partial charge in [0, 0.05) is 17.5 Å². The van der Waals surface area contributed by atoms with Crippen LogP contribution in [0.4, 0.5) is 10.1 Å². The van der Waals surface area contributed by atoms with Crippen molar-refractivity contribution in [2.45, 2.75) is 32.6 Å².